The molecule has 3 heteroatoms. The summed E-state index contributed by atoms with van der Waals surface area (Å²) in [5, 5.41) is 9.59. The van der Waals surface area contributed by atoms with Gasteiger partial charge in [0.05, 0.1) is 0 Å². The maximum absolute atomic E-state index is 12.4. The molecule has 0 saturated carbocycles. The number of benzene rings is 1. The molecule has 13 heavy (non-hydrogen) atoms. The number of aliphatic hydroxyl groups excluding tert-OH is 1. The molecule has 0 saturated heterocycles. The fraction of sp³-hybridized carbons (Fsp3) is 0.200. The van der Waals surface area contributed by atoms with Crippen LogP contribution < -0.4 is 4.46 Å². The maximum atomic E-state index is 12.4. The molecule has 0 amide bonds. The zero-order chi connectivity index (χ0) is 9.68. The average Bonchev–Trinajstić information content (AvgIpc) is 2.15. The van der Waals surface area contributed by atoms with E-state index >= 15 is 0 Å². The monoisotopic (exact) mass is 246 g/mol. The normalized spacial score (nSPS) is 12.5. The first-order valence-corrected chi connectivity index (χ1v) is 5.96. The van der Waals surface area contributed by atoms with Crippen LogP contribution in [0.25, 0.3) is 0 Å². The first kappa shape index (κ1) is 10.5. The summed E-state index contributed by atoms with van der Waals surface area (Å²) < 4.78 is 13.6. The molecule has 0 aromatic heterocycles. The summed E-state index contributed by atoms with van der Waals surface area (Å²) >= 11 is 0.377. The molecule has 0 bridgehead atoms. The molecule has 70 valence electrons. The molecule has 1 nitrogen and oxygen atoms in total. The van der Waals surface area contributed by atoms with E-state index in [0.29, 0.717) is 20.5 Å². The van der Waals surface area contributed by atoms with Crippen LogP contribution in [-0.2, 0) is 0 Å². The summed E-state index contributed by atoms with van der Waals surface area (Å²) in [5.41, 5.74) is 0.318. The Morgan fingerprint density at radius 2 is 2.08 bits per heavy atom. The standard InChI is InChI=1S/C10H11FOSe/c1-2-7-13-9-5-3-8(4-6-9)10(11)12/h2-6,10,12H,1,7H2. The van der Waals surface area contributed by atoms with Crippen LogP contribution in [0.5, 0.6) is 0 Å². The van der Waals surface area contributed by atoms with Crippen molar-refractivity contribution in [3.63, 3.8) is 0 Å². The predicted molar refractivity (Wildman–Crippen MR) is 52.9 cm³/mol. The van der Waals surface area contributed by atoms with Gasteiger partial charge in [-0.2, -0.15) is 0 Å². The van der Waals surface area contributed by atoms with E-state index in [2.05, 4.69) is 6.58 Å². The van der Waals surface area contributed by atoms with E-state index in [9.17, 15) is 4.39 Å². The molecule has 1 aromatic rings. The number of allylic oxidation sites excluding steroid dienone is 1. The topological polar surface area (TPSA) is 20.2 Å². The molecule has 0 spiro atoms. The van der Waals surface area contributed by atoms with E-state index in [4.69, 9.17) is 5.11 Å². The summed E-state index contributed by atoms with van der Waals surface area (Å²) in [7, 11) is 0. The third-order valence-corrected chi connectivity index (χ3v) is 3.64. The van der Waals surface area contributed by atoms with Crippen LogP contribution in [0, 0.1) is 0 Å². The summed E-state index contributed by atoms with van der Waals surface area (Å²) in [6.07, 6.45) is 0.0127. The van der Waals surface area contributed by atoms with Crippen molar-refractivity contribution in [1.82, 2.24) is 0 Å². The second-order valence-electron chi connectivity index (χ2n) is 2.50. The van der Waals surface area contributed by atoms with Crippen LogP contribution in [0.3, 0.4) is 0 Å². The molecule has 1 aromatic carbocycles. The summed E-state index contributed by atoms with van der Waals surface area (Å²) in [5.74, 6) is 0. The van der Waals surface area contributed by atoms with Crippen molar-refractivity contribution >= 4 is 19.4 Å². The van der Waals surface area contributed by atoms with Crippen LogP contribution in [-0.4, -0.2) is 20.1 Å². The minimum absolute atomic E-state index is 0.318. The van der Waals surface area contributed by atoms with Crippen LogP contribution in [0.1, 0.15) is 11.9 Å². The van der Waals surface area contributed by atoms with Gasteiger partial charge < -0.3 is 0 Å². The van der Waals surface area contributed by atoms with Crippen molar-refractivity contribution in [2.75, 3.05) is 0 Å². The number of halogens is 1. The van der Waals surface area contributed by atoms with Crippen molar-refractivity contribution in [3.05, 3.63) is 42.5 Å². The summed E-state index contributed by atoms with van der Waals surface area (Å²) in [6, 6.07) is 6.93. The molecule has 0 heterocycles. The third-order valence-electron chi connectivity index (χ3n) is 1.52. The van der Waals surface area contributed by atoms with Gasteiger partial charge in [0.1, 0.15) is 0 Å². The minimum atomic E-state index is -1.86. The molecule has 0 fully saturated rings. The fourth-order valence-corrected chi connectivity index (χ4v) is 2.22. The van der Waals surface area contributed by atoms with Gasteiger partial charge in [-0.25, -0.2) is 0 Å². The van der Waals surface area contributed by atoms with Crippen molar-refractivity contribution in [2.24, 2.45) is 0 Å². The molecular weight excluding hydrogens is 234 g/mol. The molecule has 0 aliphatic heterocycles. The predicted octanol–water partition coefficient (Wildman–Crippen LogP) is 1.58. The molecule has 0 aliphatic carbocycles. The Morgan fingerprint density at radius 1 is 1.46 bits per heavy atom. The molecule has 0 aliphatic rings. The van der Waals surface area contributed by atoms with E-state index in [1.165, 1.54) is 4.46 Å². The second kappa shape index (κ2) is 5.18. The van der Waals surface area contributed by atoms with Crippen molar-refractivity contribution < 1.29 is 9.50 Å². The number of hydrogen-bond acceptors (Lipinski definition) is 1. The molecule has 1 rings (SSSR count). The SMILES string of the molecule is C=CC[Se]c1ccc(C(O)F)cc1. The van der Waals surface area contributed by atoms with Gasteiger partial charge in [-0.3, -0.25) is 0 Å². The van der Waals surface area contributed by atoms with Gasteiger partial charge in [-0.15, -0.1) is 0 Å². The molecular formula is C10H11FOSe. The Bertz CT molecular complexity index is 269. The van der Waals surface area contributed by atoms with Gasteiger partial charge in [-0.05, 0) is 0 Å². The molecule has 1 N–H and O–H groups in total. The number of alkyl halides is 1. The Kier molecular flexibility index (Phi) is 4.16. The molecule has 1 atom stereocenters. The van der Waals surface area contributed by atoms with Gasteiger partial charge in [0.2, 0.25) is 0 Å². The van der Waals surface area contributed by atoms with Crippen LogP contribution in [0.4, 0.5) is 4.39 Å². The van der Waals surface area contributed by atoms with E-state index in [1.54, 1.807) is 12.1 Å². The van der Waals surface area contributed by atoms with Gasteiger partial charge >= 0.3 is 83.1 Å². The van der Waals surface area contributed by atoms with Gasteiger partial charge in [0.15, 0.2) is 0 Å². The fourth-order valence-electron chi connectivity index (χ4n) is 0.878. The van der Waals surface area contributed by atoms with Crippen LogP contribution in [0.2, 0.25) is 5.32 Å². The van der Waals surface area contributed by atoms with Crippen LogP contribution in [0.15, 0.2) is 36.9 Å². The Morgan fingerprint density at radius 3 is 2.54 bits per heavy atom. The van der Waals surface area contributed by atoms with Gasteiger partial charge in [0, 0.05) is 0 Å². The third kappa shape index (κ3) is 3.31. The van der Waals surface area contributed by atoms with Crippen molar-refractivity contribution in [2.45, 2.75) is 11.7 Å². The van der Waals surface area contributed by atoms with E-state index in [1.807, 2.05) is 18.2 Å². The number of aliphatic hydroxyl groups is 1. The van der Waals surface area contributed by atoms with E-state index in [0.717, 1.165) is 5.32 Å². The average molecular weight is 245 g/mol. The van der Waals surface area contributed by atoms with Gasteiger partial charge in [-0.1, -0.05) is 0 Å². The first-order valence-electron chi connectivity index (χ1n) is 3.90. The summed E-state index contributed by atoms with van der Waals surface area (Å²) in [4.78, 5) is 0. The quantitative estimate of drug-likeness (QED) is 0.630. The zero-order valence-electron chi connectivity index (χ0n) is 7.11. The number of hydrogen-bond donors (Lipinski definition) is 1. The van der Waals surface area contributed by atoms with E-state index in [-0.39, 0.29) is 0 Å². The first-order chi connectivity index (χ1) is 6.24. The molecule has 0 radical (unpaired) electrons. The van der Waals surface area contributed by atoms with E-state index < -0.39 is 6.36 Å². The Labute approximate surface area is 83.4 Å². The second-order valence-corrected chi connectivity index (χ2v) is 4.80. The number of rotatable bonds is 4. The Hall–Kier alpha value is -0.631. The van der Waals surface area contributed by atoms with Crippen molar-refractivity contribution in [3.8, 4) is 0 Å². The van der Waals surface area contributed by atoms with Crippen LogP contribution >= 0.6 is 0 Å². The summed E-state index contributed by atoms with van der Waals surface area (Å²) in [6.45, 7) is 3.64. The Balaban J connectivity index is 2.64. The zero-order valence-corrected chi connectivity index (χ0v) is 8.82. The molecule has 1 unspecified atom stereocenters. The van der Waals surface area contributed by atoms with Gasteiger partial charge in [0.25, 0.3) is 0 Å². The van der Waals surface area contributed by atoms with Crippen molar-refractivity contribution in [1.29, 1.82) is 0 Å².